The molecule has 17 heavy (non-hydrogen) atoms. The molecule has 5 nitrogen and oxygen atoms in total. The maximum atomic E-state index is 12.1. The molecule has 5 heteroatoms. The van der Waals surface area contributed by atoms with Crippen LogP contribution in [0.4, 0.5) is 0 Å². The molecule has 1 aliphatic rings. The molecule has 1 N–H and O–H groups in total. The predicted molar refractivity (Wildman–Crippen MR) is 63.2 cm³/mol. The van der Waals surface area contributed by atoms with Crippen LogP contribution in [0, 0.1) is 11.8 Å². The zero-order valence-corrected chi connectivity index (χ0v) is 10.6. The lowest BCUT2D eigenvalue weighted by atomic mass is 9.92. The van der Waals surface area contributed by atoms with Crippen molar-refractivity contribution >= 4 is 18.1 Å². The van der Waals surface area contributed by atoms with Crippen molar-refractivity contribution in [3.63, 3.8) is 0 Å². The highest BCUT2D eigenvalue weighted by Crippen LogP contribution is 2.26. The third-order valence-corrected chi connectivity index (χ3v) is 3.22. The molecule has 0 saturated carbocycles. The van der Waals surface area contributed by atoms with Gasteiger partial charge >= 0.3 is 0 Å². The Morgan fingerprint density at radius 3 is 2.65 bits per heavy atom. The summed E-state index contributed by atoms with van der Waals surface area (Å²) < 4.78 is 0. The largest absolute Gasteiger partial charge is 0.350 e. The first kappa shape index (κ1) is 13.7. The number of Topliss-reactive ketones (excluding diaryl/α,β-unsaturated/α-hetero) is 1. The van der Waals surface area contributed by atoms with E-state index in [1.165, 1.54) is 0 Å². The van der Waals surface area contributed by atoms with Crippen LogP contribution in [0.1, 0.15) is 27.2 Å². The van der Waals surface area contributed by atoms with Gasteiger partial charge in [-0.3, -0.25) is 14.4 Å². The summed E-state index contributed by atoms with van der Waals surface area (Å²) in [6.45, 7) is 6.26. The summed E-state index contributed by atoms with van der Waals surface area (Å²) in [4.78, 5) is 35.7. The Bertz CT molecular complexity index is 315. The number of nitrogens with one attached hydrogen (secondary N) is 1. The van der Waals surface area contributed by atoms with Gasteiger partial charge < -0.3 is 10.2 Å². The van der Waals surface area contributed by atoms with Crippen LogP contribution in [0.5, 0.6) is 0 Å². The van der Waals surface area contributed by atoms with Crippen LogP contribution in [-0.2, 0) is 14.4 Å². The predicted octanol–water partition coefficient (Wildman–Crippen LogP) is 0.195. The number of likely N-dealkylation sites (tertiary alicyclic amines) is 1. The molecule has 0 aromatic heterocycles. The van der Waals surface area contributed by atoms with E-state index in [1.807, 2.05) is 20.8 Å². The topological polar surface area (TPSA) is 66.5 Å². The zero-order chi connectivity index (χ0) is 13.0. The number of hydrogen-bond donors (Lipinski definition) is 1. The molecule has 0 aromatic carbocycles. The lowest BCUT2D eigenvalue weighted by Gasteiger charge is -2.27. The zero-order valence-electron chi connectivity index (χ0n) is 10.6. The first-order valence-electron chi connectivity index (χ1n) is 5.99. The van der Waals surface area contributed by atoms with Crippen molar-refractivity contribution < 1.29 is 14.4 Å². The van der Waals surface area contributed by atoms with Gasteiger partial charge in [0.05, 0.1) is 12.6 Å². The van der Waals surface area contributed by atoms with Gasteiger partial charge in [0.1, 0.15) is 0 Å². The maximum absolute atomic E-state index is 12.1. The fourth-order valence-corrected chi connectivity index (χ4v) is 2.23. The van der Waals surface area contributed by atoms with Gasteiger partial charge in [-0.1, -0.05) is 20.8 Å². The monoisotopic (exact) mass is 240 g/mol. The van der Waals surface area contributed by atoms with E-state index in [-0.39, 0.29) is 36.1 Å². The molecule has 2 amide bonds. The Morgan fingerprint density at radius 1 is 1.47 bits per heavy atom. The van der Waals surface area contributed by atoms with Crippen LogP contribution in [-0.4, -0.2) is 42.1 Å². The minimum Gasteiger partial charge on any atom is -0.350 e. The van der Waals surface area contributed by atoms with E-state index < -0.39 is 0 Å². The average Bonchev–Trinajstić information content (AvgIpc) is 2.66. The molecular weight excluding hydrogens is 220 g/mol. The highest BCUT2D eigenvalue weighted by atomic mass is 16.2. The van der Waals surface area contributed by atoms with Gasteiger partial charge in [-0.15, -0.1) is 0 Å². The highest BCUT2D eigenvalue weighted by molar-refractivity contribution is 5.91. The standard InChI is InChI=1S/C12H20N2O3/c1-8(2)12(17)11-9(3)4-5-14(11)10(16)6-13-7-15/h7-9,11H,4-6H2,1-3H3,(H,13,15)/t9-,11?/m1/s1. The Kier molecular flexibility index (Phi) is 4.66. The Hall–Kier alpha value is -1.39. The normalized spacial score (nSPS) is 23.9. The molecule has 1 unspecified atom stereocenters. The van der Waals surface area contributed by atoms with Crippen molar-refractivity contribution in [1.82, 2.24) is 10.2 Å². The Balaban J connectivity index is 2.74. The summed E-state index contributed by atoms with van der Waals surface area (Å²) >= 11 is 0. The molecule has 1 fully saturated rings. The quantitative estimate of drug-likeness (QED) is 0.698. The van der Waals surface area contributed by atoms with Crippen LogP contribution in [0.2, 0.25) is 0 Å². The fourth-order valence-electron chi connectivity index (χ4n) is 2.23. The molecular formula is C12H20N2O3. The molecule has 0 aromatic rings. The van der Waals surface area contributed by atoms with Crippen molar-refractivity contribution in [2.75, 3.05) is 13.1 Å². The van der Waals surface area contributed by atoms with E-state index in [0.29, 0.717) is 13.0 Å². The van der Waals surface area contributed by atoms with E-state index >= 15 is 0 Å². The van der Waals surface area contributed by atoms with Crippen molar-refractivity contribution in [3.05, 3.63) is 0 Å². The van der Waals surface area contributed by atoms with Gasteiger partial charge in [0.25, 0.3) is 0 Å². The van der Waals surface area contributed by atoms with Crippen molar-refractivity contribution in [2.45, 2.75) is 33.2 Å². The Morgan fingerprint density at radius 2 is 2.12 bits per heavy atom. The van der Waals surface area contributed by atoms with Gasteiger partial charge in [0.2, 0.25) is 12.3 Å². The molecule has 2 atom stereocenters. The summed E-state index contributed by atoms with van der Waals surface area (Å²) in [5, 5.41) is 2.35. The lowest BCUT2D eigenvalue weighted by Crippen LogP contribution is -2.47. The van der Waals surface area contributed by atoms with E-state index in [0.717, 1.165) is 6.42 Å². The van der Waals surface area contributed by atoms with Crippen molar-refractivity contribution in [3.8, 4) is 0 Å². The summed E-state index contributed by atoms with van der Waals surface area (Å²) in [5.74, 6) is 0.0508. The van der Waals surface area contributed by atoms with Crippen molar-refractivity contribution in [2.24, 2.45) is 11.8 Å². The number of carbonyl (C=O) groups is 3. The van der Waals surface area contributed by atoms with E-state index in [4.69, 9.17) is 0 Å². The van der Waals surface area contributed by atoms with Crippen molar-refractivity contribution in [1.29, 1.82) is 0 Å². The number of hydrogen-bond acceptors (Lipinski definition) is 3. The molecule has 0 spiro atoms. The molecule has 1 saturated heterocycles. The Labute approximate surface area is 102 Å². The lowest BCUT2D eigenvalue weighted by molar-refractivity contribution is -0.139. The number of nitrogens with zero attached hydrogens (tertiary/aromatic N) is 1. The second-order valence-corrected chi connectivity index (χ2v) is 4.85. The third kappa shape index (κ3) is 3.05. The molecule has 96 valence electrons. The number of ketones is 1. The summed E-state index contributed by atoms with van der Waals surface area (Å²) in [7, 11) is 0. The average molecular weight is 240 g/mol. The first-order chi connectivity index (χ1) is 7.99. The molecule has 0 radical (unpaired) electrons. The van der Waals surface area contributed by atoms with Crippen LogP contribution < -0.4 is 5.32 Å². The van der Waals surface area contributed by atoms with Gasteiger partial charge in [-0.2, -0.15) is 0 Å². The third-order valence-electron chi connectivity index (χ3n) is 3.22. The van der Waals surface area contributed by atoms with E-state index in [2.05, 4.69) is 5.32 Å². The molecule has 0 aliphatic carbocycles. The minimum absolute atomic E-state index is 0.0297. The first-order valence-corrected chi connectivity index (χ1v) is 5.99. The van der Waals surface area contributed by atoms with Crippen LogP contribution in [0.3, 0.4) is 0 Å². The number of amides is 2. The van der Waals surface area contributed by atoms with Crippen LogP contribution in [0.25, 0.3) is 0 Å². The highest BCUT2D eigenvalue weighted by Gasteiger charge is 2.39. The molecule has 1 aliphatic heterocycles. The summed E-state index contributed by atoms with van der Waals surface area (Å²) in [6, 6.07) is -0.323. The minimum atomic E-state index is -0.323. The van der Waals surface area contributed by atoms with E-state index in [1.54, 1.807) is 4.90 Å². The molecule has 1 heterocycles. The molecule has 0 bridgehead atoms. The smallest absolute Gasteiger partial charge is 0.242 e. The van der Waals surface area contributed by atoms with Gasteiger partial charge in [-0.25, -0.2) is 0 Å². The fraction of sp³-hybridized carbons (Fsp3) is 0.750. The van der Waals surface area contributed by atoms with E-state index in [9.17, 15) is 14.4 Å². The summed E-state index contributed by atoms with van der Waals surface area (Å²) in [6.07, 6.45) is 1.34. The second kappa shape index (κ2) is 5.80. The SMILES string of the molecule is CC(C)C(=O)C1[C@H](C)CCN1C(=O)CNC=O. The maximum Gasteiger partial charge on any atom is 0.242 e. The van der Waals surface area contributed by atoms with Gasteiger partial charge in [-0.05, 0) is 12.3 Å². The van der Waals surface area contributed by atoms with Gasteiger partial charge in [0, 0.05) is 12.5 Å². The second-order valence-electron chi connectivity index (χ2n) is 4.85. The summed E-state index contributed by atoms with van der Waals surface area (Å²) in [5.41, 5.74) is 0. The van der Waals surface area contributed by atoms with Gasteiger partial charge in [0.15, 0.2) is 5.78 Å². The molecule has 1 rings (SSSR count). The van der Waals surface area contributed by atoms with Crippen LogP contribution in [0.15, 0.2) is 0 Å². The van der Waals surface area contributed by atoms with Crippen LogP contribution >= 0.6 is 0 Å². The number of carbonyl (C=O) groups excluding carboxylic acids is 3. The number of rotatable bonds is 5.